The van der Waals surface area contributed by atoms with E-state index in [-0.39, 0.29) is 12.3 Å². The maximum Gasteiger partial charge on any atom is 0.303 e. The van der Waals surface area contributed by atoms with Crippen molar-refractivity contribution in [3.8, 4) is 0 Å². The summed E-state index contributed by atoms with van der Waals surface area (Å²) in [7, 11) is 0. The van der Waals surface area contributed by atoms with Gasteiger partial charge in [-0.05, 0) is 32.1 Å². The first-order chi connectivity index (χ1) is 7.64. The average molecular weight is 243 g/mol. The van der Waals surface area contributed by atoms with E-state index in [0.717, 1.165) is 0 Å². The van der Waals surface area contributed by atoms with Gasteiger partial charge in [-0.2, -0.15) is 0 Å². The SMILES string of the molecule is CC(C)C(C)CC(=O)NC(C)(C)CCC(=O)O. The summed E-state index contributed by atoms with van der Waals surface area (Å²) < 4.78 is 0. The summed E-state index contributed by atoms with van der Waals surface area (Å²) in [4.78, 5) is 22.2. The molecule has 0 fully saturated rings. The lowest BCUT2D eigenvalue weighted by molar-refractivity contribution is -0.137. The molecule has 0 aromatic heterocycles. The number of nitrogens with one attached hydrogen (secondary N) is 1. The first-order valence-corrected chi connectivity index (χ1v) is 6.17. The molecular formula is C13H25NO3. The smallest absolute Gasteiger partial charge is 0.303 e. The molecule has 1 unspecified atom stereocenters. The molecule has 4 nitrogen and oxygen atoms in total. The molecule has 0 aliphatic carbocycles. The number of carboxylic acid groups (broad SMARTS) is 1. The van der Waals surface area contributed by atoms with Gasteiger partial charge in [0.2, 0.25) is 5.91 Å². The van der Waals surface area contributed by atoms with E-state index in [0.29, 0.717) is 24.7 Å². The summed E-state index contributed by atoms with van der Waals surface area (Å²) in [6.07, 6.45) is 1.02. The minimum atomic E-state index is -0.831. The van der Waals surface area contributed by atoms with Gasteiger partial charge >= 0.3 is 5.97 Å². The summed E-state index contributed by atoms with van der Waals surface area (Å²) >= 11 is 0. The Morgan fingerprint density at radius 2 is 1.76 bits per heavy atom. The van der Waals surface area contributed by atoms with Crippen LogP contribution in [0.4, 0.5) is 0 Å². The highest BCUT2D eigenvalue weighted by molar-refractivity contribution is 5.77. The van der Waals surface area contributed by atoms with Crippen molar-refractivity contribution < 1.29 is 14.7 Å². The highest BCUT2D eigenvalue weighted by Crippen LogP contribution is 2.16. The van der Waals surface area contributed by atoms with E-state index >= 15 is 0 Å². The number of amides is 1. The van der Waals surface area contributed by atoms with Gasteiger partial charge in [-0.15, -0.1) is 0 Å². The van der Waals surface area contributed by atoms with Crippen LogP contribution >= 0.6 is 0 Å². The predicted octanol–water partition coefficient (Wildman–Crippen LogP) is 2.43. The Labute approximate surface area is 104 Å². The van der Waals surface area contributed by atoms with Gasteiger partial charge in [-0.3, -0.25) is 9.59 Å². The molecule has 0 spiro atoms. The predicted molar refractivity (Wildman–Crippen MR) is 67.7 cm³/mol. The highest BCUT2D eigenvalue weighted by atomic mass is 16.4. The largest absolute Gasteiger partial charge is 0.481 e. The van der Waals surface area contributed by atoms with E-state index in [1.165, 1.54) is 0 Å². The van der Waals surface area contributed by atoms with E-state index in [2.05, 4.69) is 26.1 Å². The van der Waals surface area contributed by atoms with Crippen molar-refractivity contribution in [3.63, 3.8) is 0 Å². The van der Waals surface area contributed by atoms with Gasteiger partial charge in [-0.25, -0.2) is 0 Å². The van der Waals surface area contributed by atoms with Crippen LogP contribution in [0.3, 0.4) is 0 Å². The Bertz CT molecular complexity index is 272. The molecule has 0 heterocycles. The molecule has 0 saturated carbocycles. The first-order valence-electron chi connectivity index (χ1n) is 6.17. The molecule has 0 aromatic rings. The fraction of sp³-hybridized carbons (Fsp3) is 0.846. The highest BCUT2D eigenvalue weighted by Gasteiger charge is 2.22. The second-order valence-corrected chi connectivity index (χ2v) is 5.75. The molecule has 2 N–H and O–H groups in total. The van der Waals surface area contributed by atoms with E-state index < -0.39 is 11.5 Å². The van der Waals surface area contributed by atoms with Gasteiger partial charge in [0.25, 0.3) is 0 Å². The molecule has 0 aliphatic rings. The number of aliphatic carboxylic acids is 1. The van der Waals surface area contributed by atoms with Crippen molar-refractivity contribution in [3.05, 3.63) is 0 Å². The average Bonchev–Trinajstić information content (AvgIpc) is 2.13. The van der Waals surface area contributed by atoms with Crippen molar-refractivity contribution in [2.24, 2.45) is 11.8 Å². The van der Waals surface area contributed by atoms with Gasteiger partial charge < -0.3 is 10.4 Å². The van der Waals surface area contributed by atoms with Gasteiger partial charge in [-0.1, -0.05) is 20.8 Å². The summed E-state index contributed by atoms with van der Waals surface area (Å²) in [5.74, 6) is -0.0161. The maximum atomic E-state index is 11.8. The quantitative estimate of drug-likeness (QED) is 0.721. The lowest BCUT2D eigenvalue weighted by atomic mass is 9.93. The van der Waals surface area contributed by atoms with Crippen molar-refractivity contribution in [1.82, 2.24) is 5.32 Å². The zero-order valence-corrected chi connectivity index (χ0v) is 11.5. The van der Waals surface area contributed by atoms with Crippen LogP contribution in [0.1, 0.15) is 53.9 Å². The second-order valence-electron chi connectivity index (χ2n) is 5.75. The van der Waals surface area contributed by atoms with E-state index in [9.17, 15) is 9.59 Å². The fourth-order valence-electron chi connectivity index (χ4n) is 1.44. The molecule has 4 heteroatoms. The third-order valence-electron chi connectivity index (χ3n) is 3.09. The normalized spacial score (nSPS) is 13.5. The zero-order chi connectivity index (χ0) is 13.6. The lowest BCUT2D eigenvalue weighted by Crippen LogP contribution is -2.44. The molecule has 0 saturated heterocycles. The van der Waals surface area contributed by atoms with Crippen LogP contribution in [0.15, 0.2) is 0 Å². The van der Waals surface area contributed by atoms with Crippen LogP contribution in [0.2, 0.25) is 0 Å². The second kappa shape index (κ2) is 6.62. The van der Waals surface area contributed by atoms with Crippen LogP contribution in [0.5, 0.6) is 0 Å². The molecule has 17 heavy (non-hydrogen) atoms. The Morgan fingerprint density at radius 3 is 2.18 bits per heavy atom. The van der Waals surface area contributed by atoms with Gasteiger partial charge in [0, 0.05) is 18.4 Å². The summed E-state index contributed by atoms with van der Waals surface area (Å²) in [6, 6.07) is 0. The first kappa shape index (κ1) is 15.9. The van der Waals surface area contributed by atoms with Crippen molar-refractivity contribution in [2.75, 3.05) is 0 Å². The minimum absolute atomic E-state index is 0.00147. The van der Waals surface area contributed by atoms with Crippen LogP contribution < -0.4 is 5.32 Å². The minimum Gasteiger partial charge on any atom is -0.481 e. The van der Waals surface area contributed by atoms with Crippen LogP contribution in [0, 0.1) is 11.8 Å². The molecule has 0 rings (SSSR count). The van der Waals surface area contributed by atoms with Crippen molar-refractivity contribution in [1.29, 1.82) is 0 Å². The van der Waals surface area contributed by atoms with Crippen molar-refractivity contribution in [2.45, 2.75) is 59.4 Å². The van der Waals surface area contributed by atoms with E-state index in [1.807, 2.05) is 13.8 Å². The third-order valence-corrected chi connectivity index (χ3v) is 3.09. The lowest BCUT2D eigenvalue weighted by Gasteiger charge is -2.27. The molecular weight excluding hydrogens is 218 g/mol. The zero-order valence-electron chi connectivity index (χ0n) is 11.5. The van der Waals surface area contributed by atoms with E-state index in [4.69, 9.17) is 5.11 Å². The molecule has 1 amide bonds. The molecule has 0 aliphatic heterocycles. The topological polar surface area (TPSA) is 66.4 Å². The molecule has 0 bridgehead atoms. The van der Waals surface area contributed by atoms with Gasteiger partial charge in [0.05, 0.1) is 0 Å². The van der Waals surface area contributed by atoms with Crippen LogP contribution in [0.25, 0.3) is 0 Å². The maximum absolute atomic E-state index is 11.8. The Hall–Kier alpha value is -1.06. The van der Waals surface area contributed by atoms with E-state index in [1.54, 1.807) is 0 Å². The monoisotopic (exact) mass is 243 g/mol. The standard InChI is InChI=1S/C13H25NO3/c1-9(2)10(3)8-11(15)14-13(4,5)7-6-12(16)17/h9-10H,6-8H2,1-5H3,(H,14,15)(H,16,17). The van der Waals surface area contributed by atoms with Crippen LogP contribution in [-0.4, -0.2) is 22.5 Å². The fourth-order valence-corrected chi connectivity index (χ4v) is 1.44. The number of hydrogen-bond donors (Lipinski definition) is 2. The molecule has 100 valence electrons. The van der Waals surface area contributed by atoms with Crippen molar-refractivity contribution >= 4 is 11.9 Å². The number of carbonyl (C=O) groups is 2. The Kier molecular flexibility index (Phi) is 6.21. The number of rotatable bonds is 7. The van der Waals surface area contributed by atoms with Crippen LogP contribution in [-0.2, 0) is 9.59 Å². The molecule has 0 radical (unpaired) electrons. The van der Waals surface area contributed by atoms with Gasteiger partial charge in [0.15, 0.2) is 0 Å². The molecule has 0 aromatic carbocycles. The summed E-state index contributed by atoms with van der Waals surface area (Å²) in [5, 5.41) is 11.5. The summed E-state index contributed by atoms with van der Waals surface area (Å²) in [5.41, 5.74) is -0.452. The third kappa shape index (κ3) is 7.77. The Morgan fingerprint density at radius 1 is 1.24 bits per heavy atom. The number of hydrogen-bond acceptors (Lipinski definition) is 2. The number of carbonyl (C=O) groups excluding carboxylic acids is 1. The Balaban J connectivity index is 4.13. The van der Waals surface area contributed by atoms with Gasteiger partial charge in [0.1, 0.15) is 0 Å². The summed E-state index contributed by atoms with van der Waals surface area (Å²) in [6.45, 7) is 9.94. The number of carboxylic acids is 1. The molecule has 1 atom stereocenters.